The van der Waals surface area contributed by atoms with Crippen LogP contribution in [-0.2, 0) is 4.79 Å². The second-order valence-corrected chi connectivity index (χ2v) is 6.82. The maximum absolute atomic E-state index is 10.9. The van der Waals surface area contributed by atoms with E-state index in [4.69, 9.17) is 5.11 Å². The number of fused-ring (bicyclic) bond motifs is 1. The molecule has 0 radical (unpaired) electrons. The van der Waals surface area contributed by atoms with Gasteiger partial charge in [-0.1, -0.05) is 12.1 Å². The van der Waals surface area contributed by atoms with Crippen molar-refractivity contribution < 1.29 is 9.90 Å². The first kappa shape index (κ1) is 10.9. The first-order valence-electron chi connectivity index (χ1n) is 5.11. The number of carboxylic acids is 1. The SMILES string of the molecule is O=C(O)C1CS(c2nc3ccccc3s2)=CN1. The molecule has 0 saturated carbocycles. The highest BCUT2D eigenvalue weighted by Crippen LogP contribution is 2.35. The molecule has 0 bridgehead atoms. The summed E-state index contributed by atoms with van der Waals surface area (Å²) in [6.07, 6.45) is 0. The maximum Gasteiger partial charge on any atom is 0.321 e. The van der Waals surface area contributed by atoms with Gasteiger partial charge in [0.25, 0.3) is 0 Å². The van der Waals surface area contributed by atoms with Crippen molar-refractivity contribution in [2.24, 2.45) is 0 Å². The van der Waals surface area contributed by atoms with Crippen LogP contribution >= 0.6 is 21.8 Å². The van der Waals surface area contributed by atoms with Crippen LogP contribution in [0.1, 0.15) is 0 Å². The largest absolute Gasteiger partial charge is 0.480 e. The number of hydrogen-bond donors (Lipinski definition) is 2. The van der Waals surface area contributed by atoms with E-state index < -0.39 is 12.0 Å². The fourth-order valence-electron chi connectivity index (χ4n) is 1.67. The molecule has 6 heteroatoms. The zero-order valence-electron chi connectivity index (χ0n) is 8.79. The smallest absolute Gasteiger partial charge is 0.321 e. The lowest BCUT2D eigenvalue weighted by atomic mass is 10.3. The summed E-state index contributed by atoms with van der Waals surface area (Å²) in [5.74, 6) is -0.188. The van der Waals surface area contributed by atoms with E-state index in [2.05, 4.69) is 10.3 Å². The van der Waals surface area contributed by atoms with E-state index in [1.165, 1.54) is 0 Å². The Morgan fingerprint density at radius 3 is 3.06 bits per heavy atom. The predicted molar refractivity (Wildman–Crippen MR) is 71.0 cm³/mol. The van der Waals surface area contributed by atoms with Crippen molar-refractivity contribution in [2.75, 3.05) is 5.75 Å². The zero-order chi connectivity index (χ0) is 11.8. The Morgan fingerprint density at radius 1 is 1.53 bits per heavy atom. The minimum Gasteiger partial charge on any atom is -0.480 e. The molecule has 2 N–H and O–H groups in total. The van der Waals surface area contributed by atoms with Crippen molar-refractivity contribution in [3.05, 3.63) is 24.3 Å². The topological polar surface area (TPSA) is 62.2 Å². The number of aromatic nitrogens is 1. The predicted octanol–water partition coefficient (Wildman–Crippen LogP) is 1.74. The Balaban J connectivity index is 1.93. The van der Waals surface area contributed by atoms with Crippen LogP contribution in [0.4, 0.5) is 0 Å². The quantitative estimate of drug-likeness (QED) is 0.813. The fourth-order valence-corrected chi connectivity index (χ4v) is 4.89. The first-order valence-corrected chi connectivity index (χ1v) is 7.39. The first-order chi connectivity index (χ1) is 8.24. The highest BCUT2D eigenvalue weighted by atomic mass is 32.2. The summed E-state index contributed by atoms with van der Waals surface area (Å²) >= 11 is 1.65. The monoisotopic (exact) mass is 266 g/mol. The van der Waals surface area contributed by atoms with Crippen LogP contribution in [0.15, 0.2) is 28.6 Å². The van der Waals surface area contributed by atoms with Crippen molar-refractivity contribution in [1.82, 2.24) is 10.3 Å². The van der Waals surface area contributed by atoms with E-state index in [1.54, 1.807) is 11.3 Å². The molecule has 17 heavy (non-hydrogen) atoms. The Labute approximate surface area is 104 Å². The molecule has 88 valence electrons. The normalized spacial score (nSPS) is 23.8. The van der Waals surface area contributed by atoms with E-state index in [0.29, 0.717) is 5.75 Å². The van der Waals surface area contributed by atoms with Gasteiger partial charge in [0, 0.05) is 11.2 Å². The number of hydrogen-bond acceptors (Lipinski definition) is 4. The van der Waals surface area contributed by atoms with Gasteiger partial charge >= 0.3 is 5.97 Å². The van der Waals surface area contributed by atoms with Crippen LogP contribution in [0.2, 0.25) is 0 Å². The van der Waals surface area contributed by atoms with Gasteiger partial charge in [0.05, 0.1) is 10.2 Å². The zero-order valence-corrected chi connectivity index (χ0v) is 10.4. The summed E-state index contributed by atoms with van der Waals surface area (Å²) < 4.78 is 2.17. The van der Waals surface area contributed by atoms with Gasteiger partial charge in [-0.15, -0.1) is 21.8 Å². The van der Waals surface area contributed by atoms with Crippen LogP contribution in [0.3, 0.4) is 0 Å². The third kappa shape index (κ3) is 1.99. The molecule has 1 aliphatic rings. The van der Waals surface area contributed by atoms with Crippen LogP contribution in [0, 0.1) is 0 Å². The van der Waals surface area contributed by atoms with Gasteiger partial charge in [-0.2, -0.15) is 0 Å². The average molecular weight is 266 g/mol. The Morgan fingerprint density at radius 2 is 2.35 bits per heavy atom. The molecule has 0 amide bonds. The van der Waals surface area contributed by atoms with E-state index >= 15 is 0 Å². The maximum atomic E-state index is 10.9. The number of carbonyl (C=O) groups is 1. The summed E-state index contributed by atoms with van der Waals surface area (Å²) in [5, 5.41) is 11.8. The van der Waals surface area contributed by atoms with Crippen LogP contribution in [-0.4, -0.2) is 33.3 Å². The molecule has 2 unspecified atom stereocenters. The molecule has 2 atom stereocenters. The molecule has 4 nitrogen and oxygen atoms in total. The molecule has 0 fully saturated rings. The lowest BCUT2D eigenvalue weighted by molar-refractivity contribution is -0.138. The summed E-state index contributed by atoms with van der Waals surface area (Å²) in [7, 11) is -0.184. The Hall–Kier alpha value is -1.24. The molecule has 0 spiro atoms. The lowest BCUT2D eigenvalue weighted by Crippen LogP contribution is -2.33. The second-order valence-electron chi connectivity index (χ2n) is 3.72. The summed E-state index contributed by atoms with van der Waals surface area (Å²) in [6, 6.07) is 7.51. The number of nitrogens with one attached hydrogen (secondary N) is 1. The van der Waals surface area contributed by atoms with Crippen LogP contribution in [0.25, 0.3) is 10.2 Å². The molecule has 2 aromatic rings. The number of para-hydroxylation sites is 1. The van der Waals surface area contributed by atoms with Gasteiger partial charge in [0.1, 0.15) is 10.4 Å². The summed E-state index contributed by atoms with van der Waals surface area (Å²) in [5.41, 5.74) is 2.86. The van der Waals surface area contributed by atoms with E-state index in [0.717, 1.165) is 14.6 Å². The fraction of sp³-hybridized carbons (Fsp3) is 0.182. The highest BCUT2D eigenvalue weighted by Gasteiger charge is 2.24. The van der Waals surface area contributed by atoms with E-state index in [9.17, 15) is 4.79 Å². The minimum absolute atomic E-state index is 0.184. The van der Waals surface area contributed by atoms with Crippen molar-refractivity contribution in [2.45, 2.75) is 10.4 Å². The van der Waals surface area contributed by atoms with Gasteiger partial charge in [-0.05, 0) is 12.1 Å². The van der Waals surface area contributed by atoms with E-state index in [1.807, 2.05) is 29.8 Å². The molecule has 1 aromatic carbocycles. The summed E-state index contributed by atoms with van der Waals surface area (Å²) in [4.78, 5) is 15.4. The number of aliphatic carboxylic acids is 1. The molecule has 2 heterocycles. The van der Waals surface area contributed by atoms with Crippen molar-refractivity contribution in [3.8, 4) is 0 Å². The minimum atomic E-state index is -0.794. The lowest BCUT2D eigenvalue weighted by Gasteiger charge is -2.02. The average Bonchev–Trinajstić information content (AvgIpc) is 2.95. The van der Waals surface area contributed by atoms with Gasteiger partial charge in [-0.25, -0.2) is 4.98 Å². The number of nitrogens with zero attached hydrogens (tertiary/aromatic N) is 1. The Kier molecular flexibility index (Phi) is 2.70. The molecular formula is C11H10N2O2S2. The van der Waals surface area contributed by atoms with Gasteiger partial charge in [0.2, 0.25) is 0 Å². The third-order valence-corrected chi connectivity index (χ3v) is 5.93. The molecule has 1 aromatic heterocycles. The molecule has 1 aliphatic heterocycles. The van der Waals surface area contributed by atoms with Gasteiger partial charge < -0.3 is 5.11 Å². The molecule has 0 aliphatic carbocycles. The van der Waals surface area contributed by atoms with Gasteiger partial charge in [-0.3, -0.25) is 10.1 Å². The number of thiazole rings is 1. The molecular weight excluding hydrogens is 256 g/mol. The molecule has 3 rings (SSSR count). The number of rotatable bonds is 2. The van der Waals surface area contributed by atoms with E-state index in [-0.39, 0.29) is 10.5 Å². The molecule has 0 saturated heterocycles. The number of carboxylic acid groups (broad SMARTS) is 1. The Bertz CT molecular complexity index is 588. The second kappa shape index (κ2) is 4.21. The van der Waals surface area contributed by atoms with Crippen molar-refractivity contribution in [1.29, 1.82) is 0 Å². The number of benzene rings is 1. The standard InChI is InChI=1S/C11H10N2O2S2/c14-10(15)8-5-17(6-12-8)11-13-7-3-1-2-4-9(7)16-11/h1-4,6,8,12H,5H2,(H,14,15). The van der Waals surface area contributed by atoms with Crippen LogP contribution in [0.5, 0.6) is 0 Å². The highest BCUT2D eigenvalue weighted by molar-refractivity contribution is 8.16. The summed E-state index contributed by atoms with van der Waals surface area (Å²) in [6.45, 7) is 0. The van der Waals surface area contributed by atoms with Crippen molar-refractivity contribution >= 4 is 43.5 Å². The van der Waals surface area contributed by atoms with Crippen LogP contribution < -0.4 is 5.32 Å². The van der Waals surface area contributed by atoms with Crippen molar-refractivity contribution in [3.63, 3.8) is 0 Å². The third-order valence-electron chi connectivity index (χ3n) is 2.55. The van der Waals surface area contributed by atoms with Gasteiger partial charge in [0.15, 0.2) is 0 Å².